The van der Waals surface area contributed by atoms with Gasteiger partial charge in [0.05, 0.1) is 11.1 Å². The Balaban J connectivity index is 1.95. The molecule has 0 bridgehead atoms. The first-order valence-corrected chi connectivity index (χ1v) is 9.22. The molecule has 150 valence electrons. The lowest BCUT2D eigenvalue weighted by Gasteiger charge is -2.04. The lowest BCUT2D eigenvalue weighted by Crippen LogP contribution is -1.95. The monoisotopic (exact) mass is 406 g/mol. The summed E-state index contributed by atoms with van der Waals surface area (Å²) in [6.07, 6.45) is 0. The van der Waals surface area contributed by atoms with Gasteiger partial charge in [-0.2, -0.15) is 0 Å². The first-order valence-electron chi connectivity index (χ1n) is 9.22. The van der Waals surface area contributed by atoms with Crippen LogP contribution in [0, 0.1) is 74.6 Å². The number of benzene rings is 3. The van der Waals surface area contributed by atoms with Gasteiger partial charge in [0.15, 0.2) is 0 Å². The fraction of sp³-hybridized carbons (Fsp3) is 0.154. The van der Waals surface area contributed by atoms with E-state index < -0.39 is 34.4 Å². The van der Waals surface area contributed by atoms with Gasteiger partial charge in [-0.3, -0.25) is 0 Å². The average Bonchev–Trinajstić information content (AvgIpc) is 2.65. The Morgan fingerprint density at radius 2 is 0.867 bits per heavy atom. The molecule has 0 nitrogen and oxygen atoms in total. The zero-order valence-corrected chi connectivity index (χ0v) is 17.0. The molecule has 0 spiro atoms. The van der Waals surface area contributed by atoms with E-state index in [1.165, 1.54) is 12.5 Å². The van der Waals surface area contributed by atoms with Gasteiger partial charge < -0.3 is 0 Å². The van der Waals surface area contributed by atoms with E-state index in [1.54, 1.807) is 0 Å². The molecular formula is C26H18F4. The molecule has 3 aromatic carbocycles. The van der Waals surface area contributed by atoms with Crippen LogP contribution in [0.5, 0.6) is 0 Å². The second kappa shape index (κ2) is 8.47. The lowest BCUT2D eigenvalue weighted by molar-refractivity contribution is 0.573. The first kappa shape index (κ1) is 21.2. The number of rotatable bonds is 0. The van der Waals surface area contributed by atoms with E-state index in [2.05, 4.69) is 23.7 Å². The van der Waals surface area contributed by atoms with Gasteiger partial charge in [0, 0.05) is 11.1 Å². The highest BCUT2D eigenvalue weighted by atomic mass is 19.1. The molecule has 30 heavy (non-hydrogen) atoms. The summed E-state index contributed by atoms with van der Waals surface area (Å²) in [6, 6.07) is 8.13. The summed E-state index contributed by atoms with van der Waals surface area (Å²) in [5, 5.41) is 0. The van der Waals surface area contributed by atoms with Crippen molar-refractivity contribution in [2.75, 3.05) is 0 Å². The van der Waals surface area contributed by atoms with Crippen LogP contribution in [0.2, 0.25) is 0 Å². The second-order valence-electron chi connectivity index (χ2n) is 7.15. The van der Waals surface area contributed by atoms with Crippen molar-refractivity contribution < 1.29 is 17.6 Å². The average molecular weight is 406 g/mol. The van der Waals surface area contributed by atoms with E-state index >= 15 is 0 Å². The molecule has 0 N–H and O–H groups in total. The fourth-order valence-corrected chi connectivity index (χ4v) is 2.96. The Morgan fingerprint density at radius 3 is 1.30 bits per heavy atom. The Hall–Kier alpha value is -3.50. The number of hydrogen-bond acceptors (Lipinski definition) is 0. The molecule has 0 atom stereocenters. The molecule has 4 heteroatoms. The van der Waals surface area contributed by atoms with Crippen molar-refractivity contribution in [1.82, 2.24) is 0 Å². The van der Waals surface area contributed by atoms with Crippen LogP contribution in [0.3, 0.4) is 0 Å². The fourth-order valence-electron chi connectivity index (χ4n) is 2.96. The highest BCUT2D eigenvalue weighted by molar-refractivity contribution is 5.51. The van der Waals surface area contributed by atoms with E-state index in [1.807, 2.05) is 32.9 Å². The van der Waals surface area contributed by atoms with Gasteiger partial charge >= 0.3 is 0 Å². The molecule has 0 aliphatic rings. The summed E-state index contributed by atoms with van der Waals surface area (Å²) < 4.78 is 56.5. The van der Waals surface area contributed by atoms with Crippen LogP contribution in [0.4, 0.5) is 17.6 Å². The van der Waals surface area contributed by atoms with Gasteiger partial charge in [-0.05, 0) is 86.3 Å². The smallest absolute Gasteiger partial charge is 0.143 e. The zero-order chi connectivity index (χ0) is 22.0. The van der Waals surface area contributed by atoms with Gasteiger partial charge in [-0.25, -0.2) is 17.6 Å². The third kappa shape index (κ3) is 4.56. The Kier molecular flexibility index (Phi) is 5.99. The minimum Gasteiger partial charge on any atom is -0.206 e. The lowest BCUT2D eigenvalue weighted by atomic mass is 10.0. The van der Waals surface area contributed by atoms with Crippen molar-refractivity contribution in [3.63, 3.8) is 0 Å². The van der Waals surface area contributed by atoms with Crippen LogP contribution >= 0.6 is 0 Å². The molecule has 0 aromatic heterocycles. The Labute approximate surface area is 173 Å². The third-order valence-corrected chi connectivity index (χ3v) is 4.82. The summed E-state index contributed by atoms with van der Waals surface area (Å²) in [5.74, 6) is 6.36. The predicted octanol–water partition coefficient (Wildman–Crippen LogP) is 6.28. The van der Waals surface area contributed by atoms with Crippen LogP contribution < -0.4 is 0 Å². The molecule has 0 radical (unpaired) electrons. The molecule has 0 unspecified atom stereocenters. The maximum atomic E-state index is 14.4. The standard InChI is InChI=1S/C26H18F4/c1-15-9-23(27)21(24(28)10-15)7-8-22-25(29)13-20(14-26(22)30)6-5-19-11-16(2)18(4)17(3)12-19/h9-14H,1-4H3. The zero-order valence-electron chi connectivity index (χ0n) is 17.0. The Morgan fingerprint density at radius 1 is 0.500 bits per heavy atom. The van der Waals surface area contributed by atoms with Crippen molar-refractivity contribution in [3.8, 4) is 23.7 Å². The maximum Gasteiger partial charge on any atom is 0.143 e. The van der Waals surface area contributed by atoms with Crippen LogP contribution in [0.1, 0.15) is 44.5 Å². The SMILES string of the molecule is Cc1cc(F)c(C#Cc2c(F)cc(C#Cc3cc(C)c(C)c(C)c3)cc2F)c(F)c1. The topological polar surface area (TPSA) is 0 Å². The van der Waals surface area contributed by atoms with E-state index in [0.717, 1.165) is 41.0 Å². The van der Waals surface area contributed by atoms with Crippen molar-refractivity contribution in [3.05, 3.63) is 104 Å². The third-order valence-electron chi connectivity index (χ3n) is 4.82. The first-order chi connectivity index (χ1) is 14.2. The predicted molar refractivity (Wildman–Crippen MR) is 110 cm³/mol. The number of hydrogen-bond donors (Lipinski definition) is 0. The van der Waals surface area contributed by atoms with E-state index in [-0.39, 0.29) is 5.56 Å². The van der Waals surface area contributed by atoms with Gasteiger partial charge in [0.25, 0.3) is 0 Å². The largest absolute Gasteiger partial charge is 0.206 e. The van der Waals surface area contributed by atoms with Crippen LogP contribution in [-0.2, 0) is 0 Å². The van der Waals surface area contributed by atoms with Crippen molar-refractivity contribution in [2.24, 2.45) is 0 Å². The highest BCUT2D eigenvalue weighted by Crippen LogP contribution is 2.18. The molecule has 0 heterocycles. The van der Waals surface area contributed by atoms with Gasteiger partial charge in [-0.15, -0.1) is 0 Å². The highest BCUT2D eigenvalue weighted by Gasteiger charge is 2.11. The molecule has 3 rings (SSSR count). The van der Waals surface area contributed by atoms with E-state index in [4.69, 9.17) is 0 Å². The maximum absolute atomic E-state index is 14.4. The molecule has 0 aliphatic heterocycles. The summed E-state index contributed by atoms with van der Waals surface area (Å²) in [5.41, 5.74) is 3.49. The molecule has 0 saturated carbocycles. The van der Waals surface area contributed by atoms with Gasteiger partial charge in [-0.1, -0.05) is 23.7 Å². The molecule has 0 aliphatic carbocycles. The van der Waals surface area contributed by atoms with E-state index in [0.29, 0.717) is 5.56 Å². The van der Waals surface area contributed by atoms with Crippen molar-refractivity contribution in [2.45, 2.75) is 27.7 Å². The van der Waals surface area contributed by atoms with Gasteiger partial charge in [0.1, 0.15) is 23.3 Å². The van der Waals surface area contributed by atoms with Gasteiger partial charge in [0.2, 0.25) is 0 Å². The van der Waals surface area contributed by atoms with Crippen molar-refractivity contribution in [1.29, 1.82) is 0 Å². The van der Waals surface area contributed by atoms with Crippen LogP contribution in [0.15, 0.2) is 36.4 Å². The molecule has 0 amide bonds. The minimum atomic E-state index is -0.948. The summed E-state index contributed by atoms with van der Waals surface area (Å²) in [4.78, 5) is 0. The van der Waals surface area contributed by atoms with Crippen LogP contribution in [0.25, 0.3) is 0 Å². The summed E-state index contributed by atoms with van der Waals surface area (Å²) >= 11 is 0. The second-order valence-corrected chi connectivity index (χ2v) is 7.15. The summed E-state index contributed by atoms with van der Waals surface area (Å²) in [7, 11) is 0. The number of halogens is 4. The number of aryl methyl sites for hydroxylation is 3. The quantitative estimate of drug-likeness (QED) is 0.305. The Bertz CT molecular complexity index is 1210. The molecular weight excluding hydrogens is 388 g/mol. The van der Waals surface area contributed by atoms with E-state index in [9.17, 15) is 17.6 Å². The summed E-state index contributed by atoms with van der Waals surface area (Å²) in [6.45, 7) is 7.49. The minimum absolute atomic E-state index is 0.138. The molecule has 0 saturated heterocycles. The molecule has 0 fully saturated rings. The molecule has 3 aromatic rings. The van der Waals surface area contributed by atoms with Crippen molar-refractivity contribution >= 4 is 0 Å². The normalized spacial score (nSPS) is 10.1. The van der Waals surface area contributed by atoms with Crippen LogP contribution in [-0.4, -0.2) is 0 Å².